The highest BCUT2D eigenvalue weighted by Crippen LogP contribution is 2.21. The van der Waals surface area contributed by atoms with Crippen LogP contribution >= 0.6 is 0 Å². The van der Waals surface area contributed by atoms with Gasteiger partial charge in [0.05, 0.1) is 0 Å². The lowest BCUT2D eigenvalue weighted by Crippen LogP contribution is -2.18. The predicted molar refractivity (Wildman–Crippen MR) is 79.3 cm³/mol. The molecule has 0 atom stereocenters. The Labute approximate surface area is 119 Å². The van der Waals surface area contributed by atoms with Gasteiger partial charge in [0, 0.05) is 35.2 Å². The van der Waals surface area contributed by atoms with Crippen molar-refractivity contribution in [2.75, 3.05) is 0 Å². The van der Waals surface area contributed by atoms with E-state index in [4.69, 9.17) is 0 Å². The first kappa shape index (κ1) is 13.2. The fraction of sp³-hybridized carbons (Fsp3) is 0.438. The number of pyridine rings is 1. The number of nitrogens with one attached hydrogen (secondary N) is 1. The van der Waals surface area contributed by atoms with Crippen LogP contribution in [-0.4, -0.2) is 21.0 Å². The normalized spacial score (nSPS) is 14.6. The second-order valence-corrected chi connectivity index (χ2v) is 5.52. The average Bonchev–Trinajstić information content (AvgIpc) is 3.21. The molecule has 0 aliphatic heterocycles. The number of rotatable bonds is 4. The zero-order chi connectivity index (χ0) is 14.1. The summed E-state index contributed by atoms with van der Waals surface area (Å²) >= 11 is 0. The van der Waals surface area contributed by atoms with Gasteiger partial charge in [-0.25, -0.2) is 15.0 Å². The highest BCUT2D eigenvalue weighted by molar-refractivity contribution is 5.50. The molecule has 0 unspecified atom stereocenters. The molecule has 1 aliphatic rings. The van der Waals surface area contributed by atoms with Crippen LogP contribution in [0.3, 0.4) is 0 Å². The molecule has 0 amide bonds. The topological polar surface area (TPSA) is 50.7 Å². The van der Waals surface area contributed by atoms with Crippen LogP contribution in [0.25, 0.3) is 11.5 Å². The Balaban J connectivity index is 1.90. The van der Waals surface area contributed by atoms with Crippen LogP contribution in [-0.2, 0) is 6.54 Å². The molecule has 1 aliphatic carbocycles. The second-order valence-electron chi connectivity index (χ2n) is 5.52. The summed E-state index contributed by atoms with van der Waals surface area (Å²) in [6.07, 6.45) is 2.59. The maximum absolute atomic E-state index is 4.63. The van der Waals surface area contributed by atoms with Crippen LogP contribution < -0.4 is 5.32 Å². The van der Waals surface area contributed by atoms with E-state index in [2.05, 4.69) is 34.1 Å². The number of aryl methyl sites for hydroxylation is 3. The van der Waals surface area contributed by atoms with E-state index >= 15 is 0 Å². The maximum Gasteiger partial charge on any atom is 0.178 e. The van der Waals surface area contributed by atoms with Crippen molar-refractivity contribution in [1.82, 2.24) is 20.3 Å². The summed E-state index contributed by atoms with van der Waals surface area (Å²) in [4.78, 5) is 13.8. The molecule has 0 bridgehead atoms. The summed E-state index contributed by atoms with van der Waals surface area (Å²) < 4.78 is 0. The largest absolute Gasteiger partial charge is 0.310 e. The molecule has 1 N–H and O–H groups in total. The molecule has 2 aromatic rings. The van der Waals surface area contributed by atoms with Crippen LogP contribution in [0.1, 0.15) is 35.5 Å². The Morgan fingerprint density at radius 3 is 2.35 bits per heavy atom. The molecule has 1 saturated carbocycles. The molecule has 2 heterocycles. The second kappa shape index (κ2) is 5.29. The third-order valence-corrected chi connectivity index (χ3v) is 3.68. The third kappa shape index (κ3) is 2.85. The number of hydrogen-bond acceptors (Lipinski definition) is 4. The van der Waals surface area contributed by atoms with Crippen LogP contribution in [0, 0.1) is 20.8 Å². The van der Waals surface area contributed by atoms with E-state index in [9.17, 15) is 0 Å². The van der Waals surface area contributed by atoms with Gasteiger partial charge in [-0.1, -0.05) is 6.07 Å². The van der Waals surface area contributed by atoms with Gasteiger partial charge in [-0.15, -0.1) is 0 Å². The number of aromatic nitrogens is 3. The zero-order valence-electron chi connectivity index (χ0n) is 12.3. The SMILES string of the molecule is Cc1cccc(-c2nc(C)c(CNC3CC3)c(C)n2)n1. The van der Waals surface area contributed by atoms with E-state index in [-0.39, 0.29) is 0 Å². The van der Waals surface area contributed by atoms with E-state index in [1.165, 1.54) is 18.4 Å². The lowest BCUT2D eigenvalue weighted by molar-refractivity contribution is 0.675. The minimum atomic E-state index is 0.701. The van der Waals surface area contributed by atoms with Gasteiger partial charge in [0.25, 0.3) is 0 Å². The summed E-state index contributed by atoms with van der Waals surface area (Å²) in [5.74, 6) is 0.721. The van der Waals surface area contributed by atoms with Gasteiger partial charge in [-0.3, -0.25) is 0 Å². The van der Waals surface area contributed by atoms with Crippen LogP contribution in [0.5, 0.6) is 0 Å². The smallest absolute Gasteiger partial charge is 0.178 e. The van der Waals surface area contributed by atoms with E-state index in [0.29, 0.717) is 6.04 Å². The van der Waals surface area contributed by atoms with Crippen molar-refractivity contribution in [2.24, 2.45) is 0 Å². The van der Waals surface area contributed by atoms with E-state index in [0.717, 1.165) is 35.1 Å². The summed E-state index contributed by atoms with van der Waals surface area (Å²) in [7, 11) is 0. The molecule has 2 aromatic heterocycles. The first-order valence-corrected chi connectivity index (χ1v) is 7.15. The Bertz CT molecular complexity index is 609. The maximum atomic E-state index is 4.63. The molecule has 4 nitrogen and oxygen atoms in total. The van der Waals surface area contributed by atoms with Crippen LogP contribution in [0.2, 0.25) is 0 Å². The molecule has 0 spiro atoms. The fourth-order valence-corrected chi connectivity index (χ4v) is 2.31. The van der Waals surface area contributed by atoms with Crippen molar-refractivity contribution < 1.29 is 0 Å². The Hall–Kier alpha value is -1.81. The minimum absolute atomic E-state index is 0.701. The molecule has 1 fully saturated rings. The van der Waals surface area contributed by atoms with Crippen molar-refractivity contribution >= 4 is 0 Å². The summed E-state index contributed by atoms with van der Waals surface area (Å²) in [6.45, 7) is 6.96. The first-order valence-electron chi connectivity index (χ1n) is 7.15. The number of nitrogens with zero attached hydrogens (tertiary/aromatic N) is 3. The predicted octanol–water partition coefficient (Wildman–Crippen LogP) is 2.72. The van der Waals surface area contributed by atoms with Gasteiger partial charge < -0.3 is 5.32 Å². The van der Waals surface area contributed by atoms with E-state index < -0.39 is 0 Å². The molecular weight excluding hydrogens is 248 g/mol. The summed E-state index contributed by atoms with van der Waals surface area (Å²) in [5.41, 5.74) is 5.14. The standard InChI is InChI=1S/C16H20N4/c1-10-5-4-6-15(18-10)16-19-11(2)14(12(3)20-16)9-17-13-7-8-13/h4-6,13,17H,7-9H2,1-3H3. The third-order valence-electron chi connectivity index (χ3n) is 3.68. The molecule has 104 valence electrons. The molecule has 0 aromatic carbocycles. The van der Waals surface area contributed by atoms with Gasteiger partial charge >= 0.3 is 0 Å². The van der Waals surface area contributed by atoms with Crippen LogP contribution in [0.15, 0.2) is 18.2 Å². The quantitative estimate of drug-likeness (QED) is 0.926. The molecule has 4 heteroatoms. The molecule has 0 saturated heterocycles. The van der Waals surface area contributed by atoms with Crippen molar-refractivity contribution in [2.45, 2.75) is 46.2 Å². The lowest BCUT2D eigenvalue weighted by Gasteiger charge is -2.11. The Morgan fingerprint density at radius 1 is 1.05 bits per heavy atom. The van der Waals surface area contributed by atoms with Crippen molar-refractivity contribution in [3.8, 4) is 11.5 Å². The monoisotopic (exact) mass is 268 g/mol. The van der Waals surface area contributed by atoms with Crippen molar-refractivity contribution in [1.29, 1.82) is 0 Å². The van der Waals surface area contributed by atoms with E-state index in [1.54, 1.807) is 0 Å². The van der Waals surface area contributed by atoms with Gasteiger partial charge in [0.15, 0.2) is 5.82 Å². The van der Waals surface area contributed by atoms with Gasteiger partial charge in [-0.05, 0) is 45.7 Å². The summed E-state index contributed by atoms with van der Waals surface area (Å²) in [5, 5.41) is 3.53. The first-order chi connectivity index (χ1) is 9.63. The molecular formula is C16H20N4. The van der Waals surface area contributed by atoms with Gasteiger partial charge in [-0.2, -0.15) is 0 Å². The van der Waals surface area contributed by atoms with Crippen LogP contribution in [0.4, 0.5) is 0 Å². The highest BCUT2D eigenvalue weighted by Gasteiger charge is 2.21. The van der Waals surface area contributed by atoms with Gasteiger partial charge in [0.2, 0.25) is 0 Å². The molecule has 20 heavy (non-hydrogen) atoms. The molecule has 3 rings (SSSR count). The fourth-order valence-electron chi connectivity index (χ4n) is 2.31. The Morgan fingerprint density at radius 2 is 1.75 bits per heavy atom. The molecule has 0 radical (unpaired) electrons. The average molecular weight is 268 g/mol. The minimum Gasteiger partial charge on any atom is -0.310 e. The summed E-state index contributed by atoms with van der Waals surface area (Å²) in [6, 6.07) is 6.64. The number of hydrogen-bond donors (Lipinski definition) is 1. The Kier molecular flexibility index (Phi) is 3.49. The lowest BCUT2D eigenvalue weighted by atomic mass is 10.1. The van der Waals surface area contributed by atoms with Gasteiger partial charge in [0.1, 0.15) is 5.69 Å². The van der Waals surface area contributed by atoms with E-state index in [1.807, 2.05) is 25.1 Å². The van der Waals surface area contributed by atoms with Crippen molar-refractivity contribution in [3.63, 3.8) is 0 Å². The van der Waals surface area contributed by atoms with Crippen molar-refractivity contribution in [3.05, 3.63) is 40.8 Å². The zero-order valence-corrected chi connectivity index (χ0v) is 12.3. The highest BCUT2D eigenvalue weighted by atomic mass is 15.0.